The van der Waals surface area contributed by atoms with Crippen LogP contribution in [0, 0.1) is 13.8 Å². The fraction of sp³-hybridized carbons (Fsp3) is 0.286. The van der Waals surface area contributed by atoms with Crippen LogP contribution in [0.25, 0.3) is 10.4 Å². The lowest BCUT2D eigenvalue weighted by atomic mass is 10.0. The van der Waals surface area contributed by atoms with E-state index in [1.807, 2.05) is 11.3 Å². The second kappa shape index (κ2) is 4.81. The van der Waals surface area contributed by atoms with Crippen molar-refractivity contribution in [3.63, 3.8) is 0 Å². The van der Waals surface area contributed by atoms with Crippen molar-refractivity contribution in [2.45, 2.75) is 20.3 Å². The molecule has 0 saturated carbocycles. The van der Waals surface area contributed by atoms with Crippen LogP contribution in [0.15, 0.2) is 29.6 Å². The average molecular weight is 231 g/mol. The number of benzene rings is 1. The Bertz CT molecular complexity index is 485. The summed E-state index contributed by atoms with van der Waals surface area (Å²) >= 11 is 1.81. The van der Waals surface area contributed by atoms with E-state index in [0.29, 0.717) is 0 Å². The number of thiophene rings is 1. The van der Waals surface area contributed by atoms with E-state index in [9.17, 15) is 0 Å². The van der Waals surface area contributed by atoms with Crippen molar-refractivity contribution in [2.75, 3.05) is 6.54 Å². The Morgan fingerprint density at radius 2 is 2.00 bits per heavy atom. The summed E-state index contributed by atoms with van der Waals surface area (Å²) in [5.74, 6) is 0. The Morgan fingerprint density at radius 1 is 1.19 bits per heavy atom. The van der Waals surface area contributed by atoms with Gasteiger partial charge < -0.3 is 5.73 Å². The molecule has 84 valence electrons. The molecule has 0 aliphatic heterocycles. The zero-order chi connectivity index (χ0) is 11.5. The molecule has 16 heavy (non-hydrogen) atoms. The fourth-order valence-corrected chi connectivity index (χ4v) is 2.94. The third-order valence-corrected chi connectivity index (χ3v) is 3.75. The molecule has 0 saturated heterocycles. The largest absolute Gasteiger partial charge is 0.330 e. The first-order chi connectivity index (χ1) is 7.70. The van der Waals surface area contributed by atoms with Gasteiger partial charge in [-0.25, -0.2) is 0 Å². The van der Waals surface area contributed by atoms with E-state index in [4.69, 9.17) is 5.73 Å². The lowest BCUT2D eigenvalue weighted by molar-refractivity contribution is 0.974. The van der Waals surface area contributed by atoms with E-state index in [0.717, 1.165) is 13.0 Å². The third-order valence-electron chi connectivity index (χ3n) is 2.73. The predicted molar refractivity (Wildman–Crippen MR) is 72.0 cm³/mol. The van der Waals surface area contributed by atoms with E-state index in [2.05, 4.69) is 43.5 Å². The van der Waals surface area contributed by atoms with E-state index < -0.39 is 0 Å². The Morgan fingerprint density at radius 3 is 2.69 bits per heavy atom. The van der Waals surface area contributed by atoms with Crippen molar-refractivity contribution in [3.05, 3.63) is 46.3 Å². The van der Waals surface area contributed by atoms with Gasteiger partial charge in [-0.05, 0) is 54.9 Å². The summed E-state index contributed by atoms with van der Waals surface area (Å²) in [6, 6.07) is 8.88. The van der Waals surface area contributed by atoms with Crippen molar-refractivity contribution in [3.8, 4) is 10.4 Å². The van der Waals surface area contributed by atoms with E-state index in [1.54, 1.807) is 0 Å². The van der Waals surface area contributed by atoms with Crippen molar-refractivity contribution < 1.29 is 0 Å². The standard InChI is InChI=1S/C14H17NS/c1-10-3-4-13(11(2)7-10)14-8-12(5-6-15)9-16-14/h3-4,7-9H,5-6,15H2,1-2H3. The number of nitrogens with two attached hydrogens (primary N) is 1. The zero-order valence-corrected chi connectivity index (χ0v) is 10.6. The first-order valence-electron chi connectivity index (χ1n) is 5.56. The molecular weight excluding hydrogens is 214 g/mol. The van der Waals surface area contributed by atoms with Gasteiger partial charge in [0.1, 0.15) is 0 Å². The Labute approximate surface area is 101 Å². The Balaban J connectivity index is 2.35. The monoisotopic (exact) mass is 231 g/mol. The zero-order valence-electron chi connectivity index (χ0n) is 9.79. The summed E-state index contributed by atoms with van der Waals surface area (Å²) < 4.78 is 0. The maximum atomic E-state index is 5.56. The van der Waals surface area contributed by atoms with Crippen LogP contribution in [0.2, 0.25) is 0 Å². The molecule has 0 spiro atoms. The van der Waals surface area contributed by atoms with E-state index in [-0.39, 0.29) is 0 Å². The highest BCUT2D eigenvalue weighted by atomic mass is 32.1. The maximum Gasteiger partial charge on any atom is 0.0348 e. The minimum atomic E-state index is 0.725. The van der Waals surface area contributed by atoms with Crippen molar-refractivity contribution >= 4 is 11.3 Å². The molecule has 0 radical (unpaired) electrons. The second-order valence-corrected chi connectivity index (χ2v) is 5.09. The fourth-order valence-electron chi connectivity index (χ4n) is 1.90. The lowest BCUT2D eigenvalue weighted by Crippen LogP contribution is -2.01. The van der Waals surface area contributed by atoms with E-state index >= 15 is 0 Å². The van der Waals surface area contributed by atoms with Crippen LogP contribution in [-0.4, -0.2) is 6.54 Å². The minimum absolute atomic E-state index is 0.725. The van der Waals surface area contributed by atoms with Gasteiger partial charge in [-0.1, -0.05) is 23.8 Å². The smallest absolute Gasteiger partial charge is 0.0348 e. The molecule has 1 aromatic carbocycles. The summed E-state index contributed by atoms with van der Waals surface area (Å²) in [6.07, 6.45) is 0.974. The van der Waals surface area contributed by atoms with Crippen molar-refractivity contribution in [1.82, 2.24) is 0 Å². The number of rotatable bonds is 3. The van der Waals surface area contributed by atoms with Gasteiger partial charge in [-0.3, -0.25) is 0 Å². The molecule has 2 rings (SSSR count). The highest BCUT2D eigenvalue weighted by molar-refractivity contribution is 7.13. The molecule has 0 amide bonds. The molecule has 1 nitrogen and oxygen atoms in total. The van der Waals surface area contributed by atoms with Gasteiger partial charge in [0, 0.05) is 4.88 Å². The molecule has 0 unspecified atom stereocenters. The molecule has 0 fully saturated rings. The van der Waals surface area contributed by atoms with Crippen LogP contribution in [0.3, 0.4) is 0 Å². The van der Waals surface area contributed by atoms with Crippen LogP contribution < -0.4 is 5.73 Å². The van der Waals surface area contributed by atoms with Gasteiger partial charge in [-0.15, -0.1) is 11.3 Å². The highest BCUT2D eigenvalue weighted by Crippen LogP contribution is 2.30. The summed E-state index contributed by atoms with van der Waals surface area (Å²) in [7, 11) is 0. The normalized spacial score (nSPS) is 10.7. The molecule has 2 N–H and O–H groups in total. The summed E-state index contributed by atoms with van der Waals surface area (Å²) in [6.45, 7) is 5.03. The van der Waals surface area contributed by atoms with Crippen LogP contribution in [0.1, 0.15) is 16.7 Å². The second-order valence-electron chi connectivity index (χ2n) is 4.18. The third kappa shape index (κ3) is 2.34. The van der Waals surface area contributed by atoms with Crippen molar-refractivity contribution in [2.24, 2.45) is 5.73 Å². The number of hydrogen-bond acceptors (Lipinski definition) is 2. The molecule has 1 aromatic heterocycles. The summed E-state index contributed by atoms with van der Waals surface area (Å²) in [4.78, 5) is 1.35. The van der Waals surface area contributed by atoms with Gasteiger partial charge in [-0.2, -0.15) is 0 Å². The molecule has 2 aromatic rings. The molecule has 0 aliphatic rings. The van der Waals surface area contributed by atoms with E-state index in [1.165, 1.54) is 27.1 Å². The van der Waals surface area contributed by atoms with Gasteiger partial charge in [0.25, 0.3) is 0 Å². The topological polar surface area (TPSA) is 26.0 Å². The van der Waals surface area contributed by atoms with Crippen LogP contribution in [0.4, 0.5) is 0 Å². The number of hydrogen-bond donors (Lipinski definition) is 1. The van der Waals surface area contributed by atoms with Gasteiger partial charge >= 0.3 is 0 Å². The van der Waals surface area contributed by atoms with Gasteiger partial charge in [0.05, 0.1) is 0 Å². The van der Waals surface area contributed by atoms with Gasteiger partial charge in [0.2, 0.25) is 0 Å². The average Bonchev–Trinajstić information content (AvgIpc) is 2.67. The molecule has 0 bridgehead atoms. The molecule has 2 heteroatoms. The molecule has 0 aliphatic carbocycles. The summed E-state index contributed by atoms with van der Waals surface area (Å²) in [5.41, 5.74) is 10.9. The highest BCUT2D eigenvalue weighted by Gasteiger charge is 2.05. The van der Waals surface area contributed by atoms with Crippen LogP contribution in [-0.2, 0) is 6.42 Å². The number of aryl methyl sites for hydroxylation is 2. The first-order valence-corrected chi connectivity index (χ1v) is 6.44. The van der Waals surface area contributed by atoms with Crippen LogP contribution >= 0.6 is 11.3 Å². The Kier molecular flexibility index (Phi) is 3.42. The molecular formula is C14H17NS. The Hall–Kier alpha value is -1.12. The van der Waals surface area contributed by atoms with Crippen LogP contribution in [0.5, 0.6) is 0 Å². The van der Waals surface area contributed by atoms with Gasteiger partial charge in [0.15, 0.2) is 0 Å². The molecule has 0 atom stereocenters. The molecule has 1 heterocycles. The maximum absolute atomic E-state index is 5.56. The minimum Gasteiger partial charge on any atom is -0.330 e. The summed E-state index contributed by atoms with van der Waals surface area (Å²) in [5, 5.41) is 2.21. The predicted octanol–water partition coefficient (Wildman–Crippen LogP) is 3.53. The lowest BCUT2D eigenvalue weighted by Gasteiger charge is -2.03. The SMILES string of the molecule is Cc1ccc(-c2cc(CCN)cs2)c(C)c1. The quantitative estimate of drug-likeness (QED) is 0.859. The first kappa shape index (κ1) is 11.4. The van der Waals surface area contributed by atoms with Crippen molar-refractivity contribution in [1.29, 1.82) is 0 Å².